The molecule has 1 saturated heterocycles. The second-order valence-corrected chi connectivity index (χ2v) is 14.0. The molecule has 0 spiro atoms. The summed E-state index contributed by atoms with van der Waals surface area (Å²) in [6.07, 6.45) is 5.12. The third-order valence-corrected chi connectivity index (χ3v) is 9.84. The van der Waals surface area contributed by atoms with Gasteiger partial charge in [-0.1, -0.05) is 71.4 Å². The van der Waals surface area contributed by atoms with Crippen molar-refractivity contribution >= 4 is 35.6 Å². The van der Waals surface area contributed by atoms with Crippen LogP contribution in [0.3, 0.4) is 0 Å². The molecule has 45 heavy (non-hydrogen) atoms. The average Bonchev–Trinajstić information content (AvgIpc) is 3.00. The van der Waals surface area contributed by atoms with E-state index in [0.717, 1.165) is 12.0 Å². The minimum Gasteiger partial charge on any atom is -0.384 e. The number of guanidine groups is 1. The van der Waals surface area contributed by atoms with Gasteiger partial charge in [-0.2, -0.15) is 0 Å². The molecule has 9 N–H and O–H groups in total. The largest absolute Gasteiger partial charge is 0.384 e. The highest BCUT2D eigenvalue weighted by Gasteiger charge is 2.33. The summed E-state index contributed by atoms with van der Waals surface area (Å²) in [5.74, 6) is 1.63. The maximum absolute atomic E-state index is 14.1. The number of amides is 2. The number of piperidine rings is 1. The number of rotatable bonds is 14. The van der Waals surface area contributed by atoms with Crippen molar-refractivity contribution in [1.82, 2.24) is 14.9 Å². The summed E-state index contributed by atoms with van der Waals surface area (Å²) < 4.78 is 3.60. The molecule has 248 valence electrons. The van der Waals surface area contributed by atoms with Gasteiger partial charge in [-0.15, -0.1) is 0 Å². The molecule has 0 aromatic heterocycles. The zero-order chi connectivity index (χ0) is 33.3. The van der Waals surface area contributed by atoms with Gasteiger partial charge in [0.1, 0.15) is 11.9 Å². The molecular formula is C34H54N8O2S. The van der Waals surface area contributed by atoms with E-state index in [1.807, 2.05) is 29.2 Å². The molecule has 0 bridgehead atoms. The molecule has 2 amide bonds. The van der Waals surface area contributed by atoms with Crippen LogP contribution in [0.25, 0.3) is 0 Å². The monoisotopic (exact) mass is 638 g/mol. The van der Waals surface area contributed by atoms with E-state index in [-0.39, 0.29) is 29.5 Å². The van der Waals surface area contributed by atoms with Crippen molar-refractivity contribution in [3.8, 4) is 0 Å². The maximum atomic E-state index is 14.1. The van der Waals surface area contributed by atoms with Gasteiger partial charge < -0.3 is 27.4 Å². The first-order valence-corrected chi connectivity index (χ1v) is 17.0. The van der Waals surface area contributed by atoms with Gasteiger partial charge in [0.15, 0.2) is 5.96 Å². The molecule has 1 aromatic carbocycles. The van der Waals surface area contributed by atoms with E-state index in [0.29, 0.717) is 74.7 Å². The van der Waals surface area contributed by atoms with Crippen LogP contribution in [0.1, 0.15) is 71.9 Å². The lowest BCUT2D eigenvalue weighted by molar-refractivity contribution is -0.136. The molecule has 2 atom stereocenters. The van der Waals surface area contributed by atoms with Crippen LogP contribution in [0.15, 0.2) is 51.4 Å². The molecule has 1 fully saturated rings. The van der Waals surface area contributed by atoms with E-state index in [1.165, 1.54) is 16.1 Å². The zero-order valence-corrected chi connectivity index (χ0v) is 28.7. The van der Waals surface area contributed by atoms with Gasteiger partial charge in [-0.25, -0.2) is 4.72 Å². The topological polar surface area (TPSA) is 176 Å². The maximum Gasteiger partial charge on any atom is 0.240 e. The molecule has 1 aliphatic heterocycles. The van der Waals surface area contributed by atoms with Crippen LogP contribution >= 0.6 is 11.9 Å². The number of nitrogens with two attached hydrogens (primary N) is 3. The minimum absolute atomic E-state index is 0.000985. The number of nitrogens with one attached hydrogen (secondary N) is 3. The summed E-state index contributed by atoms with van der Waals surface area (Å²) in [5, 5.41) is 10.8. The summed E-state index contributed by atoms with van der Waals surface area (Å²) >= 11 is 1.59. The Morgan fingerprint density at radius 1 is 1.07 bits per heavy atom. The third kappa shape index (κ3) is 10.4. The van der Waals surface area contributed by atoms with Gasteiger partial charge >= 0.3 is 0 Å². The van der Waals surface area contributed by atoms with E-state index >= 15 is 0 Å². The molecule has 3 rings (SSSR count). The molecule has 11 heteroatoms. The lowest BCUT2D eigenvalue weighted by Gasteiger charge is -2.35. The highest BCUT2D eigenvalue weighted by atomic mass is 32.2. The SMILES string of the molecule is CC(C)C1=CC(C(C)C)CC(C(C)C)=C1SN[C@@H](Cc1cccc(C(=N)N)c1)C(=O)N1CCC(C(=O)NCCN=C(N)N)CC1. The number of amidine groups is 1. The van der Waals surface area contributed by atoms with Crippen molar-refractivity contribution in [1.29, 1.82) is 5.41 Å². The second kappa shape index (κ2) is 16.8. The Morgan fingerprint density at radius 3 is 2.33 bits per heavy atom. The second-order valence-electron chi connectivity index (χ2n) is 13.2. The Balaban J connectivity index is 1.80. The van der Waals surface area contributed by atoms with Crippen molar-refractivity contribution in [2.24, 2.45) is 51.8 Å². The van der Waals surface area contributed by atoms with E-state index in [4.69, 9.17) is 22.6 Å². The van der Waals surface area contributed by atoms with Crippen LogP contribution in [-0.4, -0.2) is 60.7 Å². The van der Waals surface area contributed by atoms with Crippen LogP contribution in [0.4, 0.5) is 0 Å². The smallest absolute Gasteiger partial charge is 0.240 e. The van der Waals surface area contributed by atoms with Crippen molar-refractivity contribution < 1.29 is 9.59 Å². The number of nitrogen functional groups attached to an aromatic ring is 1. The van der Waals surface area contributed by atoms with E-state index in [9.17, 15) is 9.59 Å². The predicted molar refractivity (Wildman–Crippen MR) is 186 cm³/mol. The quantitative estimate of drug-likeness (QED) is 0.0775. The van der Waals surface area contributed by atoms with Crippen molar-refractivity contribution in [2.45, 2.75) is 73.3 Å². The molecule has 2 aliphatic rings. The first-order chi connectivity index (χ1) is 21.3. The van der Waals surface area contributed by atoms with Gasteiger partial charge in [0, 0.05) is 36.0 Å². The molecule has 1 aromatic rings. The molecule has 10 nitrogen and oxygen atoms in total. The fourth-order valence-corrected chi connectivity index (χ4v) is 7.22. The normalized spacial score (nSPS) is 18.3. The van der Waals surface area contributed by atoms with Gasteiger partial charge in [0.25, 0.3) is 0 Å². The number of allylic oxidation sites excluding steroid dienone is 3. The Labute approximate surface area is 273 Å². The van der Waals surface area contributed by atoms with E-state index < -0.39 is 6.04 Å². The van der Waals surface area contributed by atoms with Gasteiger partial charge in [-0.05, 0) is 78.5 Å². The predicted octanol–water partition coefficient (Wildman–Crippen LogP) is 3.92. The van der Waals surface area contributed by atoms with Crippen molar-refractivity contribution in [2.75, 3.05) is 26.2 Å². The number of nitrogens with zero attached hydrogens (tertiary/aromatic N) is 2. The first-order valence-electron chi connectivity index (χ1n) is 16.2. The Kier molecular flexibility index (Phi) is 13.5. The number of aliphatic imine (C=N–C) groups is 1. The summed E-state index contributed by atoms with van der Waals surface area (Å²) in [6.45, 7) is 15.3. The summed E-state index contributed by atoms with van der Waals surface area (Å²) in [7, 11) is 0. The molecule has 0 radical (unpaired) electrons. The van der Waals surface area contributed by atoms with Crippen LogP contribution in [0.2, 0.25) is 0 Å². The molecular weight excluding hydrogens is 584 g/mol. The molecule has 1 aliphatic carbocycles. The number of likely N-dealkylation sites (tertiary alicyclic amines) is 1. The lowest BCUT2D eigenvalue weighted by Crippen LogP contribution is -2.50. The Bertz CT molecular complexity index is 1290. The Morgan fingerprint density at radius 2 is 1.76 bits per heavy atom. The van der Waals surface area contributed by atoms with Crippen LogP contribution in [0, 0.1) is 35.0 Å². The fourth-order valence-electron chi connectivity index (χ4n) is 5.90. The Hall–Kier alpha value is -3.31. The summed E-state index contributed by atoms with van der Waals surface area (Å²) in [6, 6.07) is 7.05. The number of carbonyl (C=O) groups is 2. The summed E-state index contributed by atoms with van der Waals surface area (Å²) in [4.78, 5) is 33.9. The standard InChI is InChI=1S/C34H54N8O2S/c1-20(2)26-18-27(21(3)4)30(28(19-26)22(5)6)45-41-29(17-23-8-7-9-25(16-23)31(35)36)33(44)42-14-10-24(11-15-42)32(43)39-12-13-40-34(37)38/h7-9,16,18,20-22,24,26,29,41H,10-15,17,19H2,1-6H3,(H3,35,36)(H,39,43)(H4,37,38,40)/t26?,29-/m0/s1. The van der Waals surface area contributed by atoms with Crippen molar-refractivity contribution in [3.63, 3.8) is 0 Å². The molecule has 1 heterocycles. The van der Waals surface area contributed by atoms with E-state index in [1.54, 1.807) is 11.9 Å². The minimum atomic E-state index is -0.501. The number of hydrogen-bond donors (Lipinski definition) is 6. The van der Waals surface area contributed by atoms with E-state index in [2.05, 4.69) is 62.6 Å². The van der Waals surface area contributed by atoms with Gasteiger partial charge in [-0.3, -0.25) is 20.0 Å². The van der Waals surface area contributed by atoms with Crippen LogP contribution in [-0.2, 0) is 16.0 Å². The van der Waals surface area contributed by atoms with Gasteiger partial charge in [0.2, 0.25) is 11.8 Å². The van der Waals surface area contributed by atoms with Crippen LogP contribution in [0.5, 0.6) is 0 Å². The third-order valence-electron chi connectivity index (χ3n) is 8.74. The zero-order valence-electron chi connectivity index (χ0n) is 27.9. The summed E-state index contributed by atoms with van der Waals surface area (Å²) in [5.41, 5.74) is 20.9. The van der Waals surface area contributed by atoms with Gasteiger partial charge in [0.05, 0.1) is 6.54 Å². The first kappa shape index (κ1) is 36.2. The lowest BCUT2D eigenvalue weighted by atomic mass is 9.78. The highest BCUT2D eigenvalue weighted by molar-refractivity contribution is 8.01. The number of carbonyl (C=O) groups excluding carboxylic acids is 2. The van der Waals surface area contributed by atoms with Crippen molar-refractivity contribution in [3.05, 3.63) is 57.5 Å². The number of hydrogen-bond acceptors (Lipinski definition) is 6. The highest BCUT2D eigenvalue weighted by Crippen LogP contribution is 2.43. The average molecular weight is 639 g/mol. The molecule has 0 saturated carbocycles. The fraction of sp³-hybridized carbons (Fsp3) is 0.588. The number of benzene rings is 1. The van der Waals surface area contributed by atoms with Crippen LogP contribution < -0.4 is 27.2 Å². The molecule has 1 unspecified atom stereocenters.